The van der Waals surface area contributed by atoms with Crippen LogP contribution >= 0.6 is 11.8 Å². The summed E-state index contributed by atoms with van der Waals surface area (Å²) >= 11 is 0.764. The number of carboxylic acid groups (broad SMARTS) is 1. The Morgan fingerprint density at radius 3 is 2.64 bits per heavy atom. The van der Waals surface area contributed by atoms with Crippen molar-refractivity contribution < 1.29 is 33.4 Å². The van der Waals surface area contributed by atoms with Crippen molar-refractivity contribution in [3.8, 4) is 0 Å². The number of furan rings is 1. The molecule has 2 amide bonds. The Kier molecular flexibility index (Phi) is 6.10. The molecule has 0 atom stereocenters. The fraction of sp³-hybridized carbons (Fsp3) is 0.217. The number of imide groups is 1. The highest BCUT2D eigenvalue weighted by molar-refractivity contribution is 8.18. The lowest BCUT2D eigenvalue weighted by molar-refractivity contribution is -0.149. The summed E-state index contributed by atoms with van der Waals surface area (Å²) in [6.45, 7) is 3.22. The number of para-hydroxylation sites is 1. The molecular formula is C23H20N2O7S. The van der Waals surface area contributed by atoms with Gasteiger partial charge < -0.3 is 18.8 Å². The van der Waals surface area contributed by atoms with Gasteiger partial charge in [0.1, 0.15) is 12.3 Å². The van der Waals surface area contributed by atoms with Crippen molar-refractivity contribution in [3.05, 3.63) is 64.6 Å². The van der Waals surface area contributed by atoms with Gasteiger partial charge in [-0.1, -0.05) is 18.2 Å². The lowest BCUT2D eigenvalue weighted by Gasteiger charge is -2.13. The zero-order valence-electron chi connectivity index (χ0n) is 17.8. The molecule has 170 valence electrons. The van der Waals surface area contributed by atoms with Crippen molar-refractivity contribution in [2.75, 3.05) is 6.54 Å². The normalized spacial score (nSPS) is 15.2. The lowest BCUT2D eigenvalue weighted by Crippen LogP contribution is -2.35. The molecule has 1 aromatic carbocycles. The smallest absolute Gasteiger partial charge is 0.371 e. The third-order valence-electron chi connectivity index (χ3n) is 4.83. The zero-order chi connectivity index (χ0) is 23.7. The minimum atomic E-state index is -1.15. The van der Waals surface area contributed by atoms with Crippen molar-refractivity contribution in [2.45, 2.75) is 26.5 Å². The molecule has 0 spiro atoms. The van der Waals surface area contributed by atoms with E-state index < -0.39 is 29.6 Å². The first-order chi connectivity index (χ1) is 15.7. The number of carbonyl (C=O) groups is 4. The number of amides is 2. The first kappa shape index (κ1) is 22.4. The summed E-state index contributed by atoms with van der Waals surface area (Å²) in [5, 5.41) is 9.37. The summed E-state index contributed by atoms with van der Waals surface area (Å²) < 4.78 is 12.3. The first-order valence-electron chi connectivity index (χ1n) is 10.1. The number of esters is 1. The van der Waals surface area contributed by atoms with Crippen LogP contribution < -0.4 is 0 Å². The van der Waals surface area contributed by atoms with Gasteiger partial charge in [-0.2, -0.15) is 0 Å². The van der Waals surface area contributed by atoms with E-state index >= 15 is 0 Å². The number of fused-ring (bicyclic) bond motifs is 1. The molecule has 4 rings (SSSR count). The molecule has 0 saturated carbocycles. The molecule has 1 aliphatic rings. The van der Waals surface area contributed by atoms with Crippen molar-refractivity contribution in [2.24, 2.45) is 0 Å². The summed E-state index contributed by atoms with van der Waals surface area (Å²) in [6.07, 6.45) is 3.07. The quantitative estimate of drug-likeness (QED) is 0.409. The van der Waals surface area contributed by atoms with Crippen molar-refractivity contribution in [1.82, 2.24) is 9.47 Å². The minimum Gasteiger partial charge on any atom is -0.475 e. The van der Waals surface area contributed by atoms with Crippen LogP contribution in [0.5, 0.6) is 0 Å². The van der Waals surface area contributed by atoms with Crippen LogP contribution in [-0.4, -0.2) is 50.3 Å². The summed E-state index contributed by atoms with van der Waals surface area (Å²) in [5.41, 5.74) is 1.54. The van der Waals surface area contributed by atoms with Gasteiger partial charge >= 0.3 is 11.9 Å². The van der Waals surface area contributed by atoms with Gasteiger partial charge in [0.05, 0.1) is 17.6 Å². The molecule has 1 N–H and O–H groups in total. The van der Waals surface area contributed by atoms with Gasteiger partial charge in [-0.3, -0.25) is 19.3 Å². The number of rotatable bonds is 7. The van der Waals surface area contributed by atoms with E-state index in [1.165, 1.54) is 6.07 Å². The maximum Gasteiger partial charge on any atom is 0.371 e. The van der Waals surface area contributed by atoms with E-state index in [2.05, 4.69) is 0 Å². The SMILES string of the molecule is CC(C)OC(=O)CN1C(=O)S/C(=C/c2cn(Cc3ccc(C(=O)O)o3)c3ccccc23)C1=O. The predicted molar refractivity (Wildman–Crippen MR) is 121 cm³/mol. The average molecular weight is 468 g/mol. The summed E-state index contributed by atoms with van der Waals surface area (Å²) in [4.78, 5) is 49.2. The second kappa shape index (κ2) is 8.99. The molecule has 33 heavy (non-hydrogen) atoms. The number of nitrogens with zero attached hydrogens (tertiary/aromatic N) is 2. The van der Waals surface area contributed by atoms with Crippen molar-refractivity contribution >= 4 is 51.8 Å². The van der Waals surface area contributed by atoms with Gasteiger partial charge in [-0.25, -0.2) is 4.79 Å². The molecule has 2 aromatic heterocycles. The first-order valence-corrected chi connectivity index (χ1v) is 10.9. The Bertz CT molecular complexity index is 1300. The highest BCUT2D eigenvalue weighted by atomic mass is 32.2. The highest BCUT2D eigenvalue weighted by Gasteiger charge is 2.37. The molecule has 0 unspecified atom stereocenters. The molecule has 0 radical (unpaired) electrons. The van der Waals surface area contributed by atoms with Crippen LogP contribution in [0.3, 0.4) is 0 Å². The molecule has 9 nitrogen and oxygen atoms in total. The number of aromatic nitrogens is 1. The number of ether oxygens (including phenoxy) is 1. The van der Waals surface area contributed by atoms with Gasteiger partial charge in [0.25, 0.3) is 11.1 Å². The molecule has 1 fully saturated rings. The maximum atomic E-state index is 12.8. The second-order valence-corrected chi connectivity index (χ2v) is 8.60. The molecule has 3 aromatic rings. The van der Waals surface area contributed by atoms with Crippen LogP contribution in [0, 0.1) is 0 Å². The van der Waals surface area contributed by atoms with Crippen LogP contribution in [0.2, 0.25) is 0 Å². The molecule has 1 aliphatic heterocycles. The Morgan fingerprint density at radius 2 is 1.94 bits per heavy atom. The Hall–Kier alpha value is -3.79. The van der Waals surface area contributed by atoms with Crippen molar-refractivity contribution in [1.29, 1.82) is 0 Å². The average Bonchev–Trinajstić information content (AvgIpc) is 3.42. The van der Waals surface area contributed by atoms with E-state index in [0.717, 1.165) is 27.6 Å². The van der Waals surface area contributed by atoms with E-state index in [1.54, 1.807) is 32.2 Å². The lowest BCUT2D eigenvalue weighted by atomic mass is 10.1. The highest BCUT2D eigenvalue weighted by Crippen LogP contribution is 2.34. The fourth-order valence-electron chi connectivity index (χ4n) is 3.47. The zero-order valence-corrected chi connectivity index (χ0v) is 18.6. The van der Waals surface area contributed by atoms with Gasteiger partial charge in [0.15, 0.2) is 0 Å². The van der Waals surface area contributed by atoms with Crippen LogP contribution in [0.4, 0.5) is 4.79 Å². The van der Waals surface area contributed by atoms with E-state index in [9.17, 15) is 19.2 Å². The van der Waals surface area contributed by atoms with Gasteiger partial charge in [0.2, 0.25) is 5.76 Å². The number of carboxylic acids is 1. The summed E-state index contributed by atoms with van der Waals surface area (Å²) in [6, 6.07) is 10.5. The van der Waals surface area contributed by atoms with Gasteiger partial charge in [-0.15, -0.1) is 0 Å². The Morgan fingerprint density at radius 1 is 1.18 bits per heavy atom. The Labute approximate surface area is 192 Å². The Balaban J connectivity index is 1.62. The number of carbonyl (C=O) groups excluding carboxylic acids is 3. The van der Waals surface area contributed by atoms with E-state index in [0.29, 0.717) is 11.3 Å². The summed E-state index contributed by atoms with van der Waals surface area (Å²) in [7, 11) is 0. The van der Waals surface area contributed by atoms with E-state index in [4.69, 9.17) is 14.3 Å². The van der Waals surface area contributed by atoms with E-state index in [-0.39, 0.29) is 23.3 Å². The third-order valence-corrected chi connectivity index (χ3v) is 5.74. The predicted octanol–water partition coefficient (Wildman–Crippen LogP) is 3.97. The van der Waals surface area contributed by atoms with E-state index in [1.807, 2.05) is 28.8 Å². The molecular weight excluding hydrogens is 448 g/mol. The summed E-state index contributed by atoms with van der Waals surface area (Å²) in [5.74, 6) is -2.04. The fourth-order valence-corrected chi connectivity index (χ4v) is 4.30. The number of hydrogen-bond acceptors (Lipinski definition) is 7. The van der Waals surface area contributed by atoms with Gasteiger partial charge in [-0.05, 0) is 49.9 Å². The second-order valence-electron chi connectivity index (χ2n) is 7.61. The topological polar surface area (TPSA) is 119 Å². The molecule has 1 saturated heterocycles. The maximum absolute atomic E-state index is 12.8. The van der Waals surface area contributed by atoms with Crippen LogP contribution in [0.15, 0.2) is 51.9 Å². The standard InChI is InChI=1S/C23H20N2O7S/c1-13(2)31-20(26)12-25-21(27)19(33-23(25)30)9-14-10-24(17-6-4-3-5-16(14)17)11-15-7-8-18(32-15)22(28)29/h3-10,13H,11-12H2,1-2H3,(H,28,29)/b19-9+. The number of aromatic carboxylic acids is 1. The van der Waals surface area contributed by atoms with Crippen molar-refractivity contribution in [3.63, 3.8) is 0 Å². The molecule has 10 heteroatoms. The molecule has 3 heterocycles. The van der Waals surface area contributed by atoms with Crippen LogP contribution in [0.1, 0.15) is 35.7 Å². The number of benzene rings is 1. The minimum absolute atomic E-state index is 0.147. The van der Waals surface area contributed by atoms with Crippen LogP contribution in [0.25, 0.3) is 17.0 Å². The largest absolute Gasteiger partial charge is 0.475 e. The number of thioether (sulfide) groups is 1. The van der Waals surface area contributed by atoms with Crippen LogP contribution in [-0.2, 0) is 20.9 Å². The molecule has 0 bridgehead atoms. The molecule has 0 aliphatic carbocycles. The number of hydrogen-bond donors (Lipinski definition) is 1. The monoisotopic (exact) mass is 468 g/mol. The van der Waals surface area contributed by atoms with Gasteiger partial charge in [0, 0.05) is 22.7 Å². The third kappa shape index (κ3) is 4.70.